The Labute approximate surface area is 115 Å². The van der Waals surface area contributed by atoms with Crippen molar-refractivity contribution in [2.75, 3.05) is 7.11 Å². The molecule has 19 heavy (non-hydrogen) atoms. The number of ether oxygens (including phenoxy) is 1. The van der Waals surface area contributed by atoms with Gasteiger partial charge >= 0.3 is 5.97 Å². The van der Waals surface area contributed by atoms with Crippen molar-refractivity contribution in [3.05, 3.63) is 18.2 Å². The van der Waals surface area contributed by atoms with Crippen molar-refractivity contribution in [2.24, 2.45) is 7.05 Å². The summed E-state index contributed by atoms with van der Waals surface area (Å²) >= 11 is 1.27. The summed E-state index contributed by atoms with van der Waals surface area (Å²) < 4.78 is 7.07. The summed E-state index contributed by atoms with van der Waals surface area (Å²) in [5, 5.41) is 9.34. The molecule has 0 saturated heterocycles. The molecule has 0 aliphatic carbocycles. The summed E-state index contributed by atoms with van der Waals surface area (Å²) in [5.74, 6) is -0.0652. The Morgan fingerprint density at radius 2 is 2.32 bits per heavy atom. The van der Waals surface area contributed by atoms with Crippen molar-refractivity contribution in [1.29, 1.82) is 0 Å². The predicted octanol–water partition coefficient (Wildman–Crippen LogP) is 2.54. The first-order valence-electron chi connectivity index (χ1n) is 5.96. The third kappa shape index (κ3) is 2.68. The van der Waals surface area contributed by atoms with Gasteiger partial charge in [0.05, 0.1) is 18.1 Å². The van der Waals surface area contributed by atoms with Crippen LogP contribution < -0.4 is 4.74 Å². The lowest BCUT2D eigenvalue weighted by Crippen LogP contribution is -2.15. The number of carboxylic acids is 1. The van der Waals surface area contributed by atoms with E-state index in [0.29, 0.717) is 11.6 Å². The SMILES string of the molecule is CCC(Sc1nc2cc(OC)ccc2n1C)C(=O)O. The van der Waals surface area contributed by atoms with Crippen LogP contribution in [0.3, 0.4) is 0 Å². The topological polar surface area (TPSA) is 64.4 Å². The molecule has 0 radical (unpaired) electrons. The minimum Gasteiger partial charge on any atom is -0.497 e. The first-order chi connectivity index (χ1) is 9.06. The van der Waals surface area contributed by atoms with Gasteiger partial charge in [-0.15, -0.1) is 0 Å². The number of carboxylic acid groups (broad SMARTS) is 1. The van der Waals surface area contributed by atoms with Crippen molar-refractivity contribution in [3.63, 3.8) is 0 Å². The minimum atomic E-state index is -0.808. The molecule has 0 aliphatic heterocycles. The van der Waals surface area contributed by atoms with Crippen LogP contribution in [0.25, 0.3) is 11.0 Å². The van der Waals surface area contributed by atoms with E-state index in [4.69, 9.17) is 9.84 Å². The number of carbonyl (C=O) groups is 1. The molecule has 2 aromatic rings. The number of methoxy groups -OCH3 is 1. The Balaban J connectivity index is 2.38. The molecule has 1 aromatic heterocycles. The second kappa shape index (κ2) is 5.52. The minimum absolute atomic E-state index is 0.475. The zero-order valence-corrected chi connectivity index (χ0v) is 11.9. The normalized spacial score (nSPS) is 12.6. The molecule has 0 saturated carbocycles. The first-order valence-corrected chi connectivity index (χ1v) is 6.84. The van der Waals surface area contributed by atoms with Crippen LogP contribution in [-0.2, 0) is 11.8 Å². The Morgan fingerprint density at radius 3 is 2.89 bits per heavy atom. The van der Waals surface area contributed by atoms with E-state index in [1.54, 1.807) is 7.11 Å². The van der Waals surface area contributed by atoms with Gasteiger partial charge in [0.25, 0.3) is 0 Å². The summed E-state index contributed by atoms with van der Waals surface area (Å²) in [6.07, 6.45) is 0.562. The lowest BCUT2D eigenvalue weighted by molar-refractivity contribution is -0.136. The molecule has 0 aliphatic rings. The molecule has 1 atom stereocenters. The monoisotopic (exact) mass is 280 g/mol. The third-order valence-corrected chi connectivity index (χ3v) is 4.34. The van der Waals surface area contributed by atoms with Gasteiger partial charge in [-0.1, -0.05) is 18.7 Å². The van der Waals surface area contributed by atoms with Crippen molar-refractivity contribution >= 4 is 28.8 Å². The number of benzene rings is 1. The van der Waals surface area contributed by atoms with Gasteiger partial charge in [-0.3, -0.25) is 4.79 Å². The molecule has 0 fully saturated rings. The molecule has 0 amide bonds. The molecule has 1 aromatic carbocycles. The summed E-state index contributed by atoms with van der Waals surface area (Å²) in [5.41, 5.74) is 1.77. The highest BCUT2D eigenvalue weighted by Gasteiger charge is 2.20. The Bertz CT molecular complexity index is 609. The number of rotatable bonds is 5. The summed E-state index contributed by atoms with van der Waals surface area (Å²) in [6, 6.07) is 5.64. The molecular formula is C13H16N2O3S. The highest BCUT2D eigenvalue weighted by molar-refractivity contribution is 8.00. The van der Waals surface area contributed by atoms with Crippen molar-refractivity contribution in [1.82, 2.24) is 9.55 Å². The standard InChI is InChI=1S/C13H16N2O3S/c1-4-11(12(16)17)19-13-14-9-7-8(18-3)5-6-10(9)15(13)2/h5-7,11H,4H2,1-3H3,(H,16,17). The summed E-state index contributed by atoms with van der Waals surface area (Å²) in [4.78, 5) is 15.6. The highest BCUT2D eigenvalue weighted by atomic mass is 32.2. The molecule has 1 unspecified atom stereocenters. The van der Waals surface area contributed by atoms with E-state index in [2.05, 4.69) is 4.98 Å². The van der Waals surface area contributed by atoms with Crippen LogP contribution in [0, 0.1) is 0 Å². The lowest BCUT2D eigenvalue weighted by atomic mass is 10.3. The maximum absolute atomic E-state index is 11.1. The van der Waals surface area contributed by atoms with Crippen molar-refractivity contribution in [2.45, 2.75) is 23.8 Å². The molecule has 2 rings (SSSR count). The number of aliphatic carboxylic acids is 1. The average Bonchev–Trinajstić information content (AvgIpc) is 2.71. The summed E-state index contributed by atoms with van der Waals surface area (Å²) in [6.45, 7) is 1.86. The molecule has 5 nitrogen and oxygen atoms in total. The van der Waals surface area contributed by atoms with Crippen LogP contribution in [0.5, 0.6) is 5.75 Å². The number of nitrogens with zero attached hydrogens (tertiary/aromatic N) is 2. The van der Waals surface area contributed by atoms with Crippen LogP contribution >= 0.6 is 11.8 Å². The van der Waals surface area contributed by atoms with E-state index in [1.807, 2.05) is 36.7 Å². The van der Waals surface area contributed by atoms with E-state index < -0.39 is 11.2 Å². The number of hydrogen-bond donors (Lipinski definition) is 1. The van der Waals surface area contributed by atoms with Gasteiger partial charge in [-0.25, -0.2) is 4.98 Å². The molecule has 0 bridgehead atoms. The van der Waals surface area contributed by atoms with Crippen LogP contribution in [0.15, 0.2) is 23.4 Å². The molecule has 1 N–H and O–H groups in total. The quantitative estimate of drug-likeness (QED) is 0.853. The molecule has 1 heterocycles. The molecule has 6 heteroatoms. The summed E-state index contributed by atoms with van der Waals surface area (Å²) in [7, 11) is 3.50. The number of hydrogen-bond acceptors (Lipinski definition) is 4. The van der Waals surface area contributed by atoms with Gasteiger partial charge in [-0.2, -0.15) is 0 Å². The highest BCUT2D eigenvalue weighted by Crippen LogP contribution is 2.29. The lowest BCUT2D eigenvalue weighted by Gasteiger charge is -2.08. The van der Waals surface area contributed by atoms with Gasteiger partial charge < -0.3 is 14.4 Å². The fourth-order valence-corrected chi connectivity index (χ4v) is 2.75. The van der Waals surface area contributed by atoms with Gasteiger partial charge in [-0.05, 0) is 18.6 Å². The number of imidazole rings is 1. The second-order valence-electron chi connectivity index (χ2n) is 4.16. The van der Waals surface area contributed by atoms with Crippen LogP contribution in [0.2, 0.25) is 0 Å². The van der Waals surface area contributed by atoms with E-state index in [-0.39, 0.29) is 0 Å². The number of fused-ring (bicyclic) bond motifs is 1. The first kappa shape index (κ1) is 13.7. The Kier molecular flexibility index (Phi) is 3.99. The fourth-order valence-electron chi connectivity index (χ4n) is 1.83. The Hall–Kier alpha value is -1.69. The van der Waals surface area contributed by atoms with Gasteiger partial charge in [0.1, 0.15) is 11.0 Å². The Morgan fingerprint density at radius 1 is 1.58 bits per heavy atom. The maximum atomic E-state index is 11.1. The van der Waals surface area contributed by atoms with E-state index in [0.717, 1.165) is 16.8 Å². The number of aromatic nitrogens is 2. The maximum Gasteiger partial charge on any atom is 0.317 e. The van der Waals surface area contributed by atoms with Crippen LogP contribution in [0.1, 0.15) is 13.3 Å². The van der Waals surface area contributed by atoms with Crippen LogP contribution in [-0.4, -0.2) is 33.0 Å². The zero-order chi connectivity index (χ0) is 14.0. The largest absolute Gasteiger partial charge is 0.497 e. The van der Waals surface area contributed by atoms with Gasteiger partial charge in [0.15, 0.2) is 5.16 Å². The number of thioether (sulfide) groups is 1. The smallest absolute Gasteiger partial charge is 0.317 e. The van der Waals surface area contributed by atoms with E-state index >= 15 is 0 Å². The zero-order valence-electron chi connectivity index (χ0n) is 11.1. The predicted molar refractivity (Wildman–Crippen MR) is 74.8 cm³/mol. The molecule has 102 valence electrons. The average molecular weight is 280 g/mol. The number of aryl methyl sites for hydroxylation is 1. The molecular weight excluding hydrogens is 264 g/mol. The third-order valence-electron chi connectivity index (χ3n) is 2.94. The fraction of sp³-hybridized carbons (Fsp3) is 0.385. The van der Waals surface area contributed by atoms with Crippen LogP contribution in [0.4, 0.5) is 0 Å². The van der Waals surface area contributed by atoms with E-state index in [1.165, 1.54) is 11.8 Å². The van der Waals surface area contributed by atoms with E-state index in [9.17, 15) is 4.79 Å². The molecule has 0 spiro atoms. The van der Waals surface area contributed by atoms with Gasteiger partial charge in [0.2, 0.25) is 0 Å². The van der Waals surface area contributed by atoms with Crippen molar-refractivity contribution < 1.29 is 14.6 Å². The van der Waals surface area contributed by atoms with Crippen molar-refractivity contribution in [3.8, 4) is 5.75 Å². The van der Waals surface area contributed by atoms with Gasteiger partial charge in [0, 0.05) is 13.1 Å². The second-order valence-corrected chi connectivity index (χ2v) is 5.33.